The molecule has 0 saturated carbocycles. The molecular formula is C37H41FN6O3S. The van der Waals surface area contributed by atoms with Crippen LogP contribution in [0.1, 0.15) is 51.0 Å². The largest absolute Gasteiger partial charge is 0.378 e. The van der Waals surface area contributed by atoms with E-state index < -0.39 is 5.82 Å². The maximum atomic E-state index is 15.5. The summed E-state index contributed by atoms with van der Waals surface area (Å²) in [7, 11) is 1.70. The van der Waals surface area contributed by atoms with Gasteiger partial charge in [-0.05, 0) is 91.1 Å². The average molecular weight is 669 g/mol. The van der Waals surface area contributed by atoms with Gasteiger partial charge in [0.1, 0.15) is 17.3 Å². The summed E-state index contributed by atoms with van der Waals surface area (Å²) in [6.07, 6.45) is 9.40. The molecule has 48 heavy (non-hydrogen) atoms. The van der Waals surface area contributed by atoms with E-state index in [4.69, 9.17) is 4.74 Å². The molecule has 6 heterocycles. The molecule has 4 aliphatic rings. The Morgan fingerprint density at radius 3 is 2.54 bits per heavy atom. The van der Waals surface area contributed by atoms with Crippen LogP contribution in [0.2, 0.25) is 0 Å². The van der Waals surface area contributed by atoms with Crippen molar-refractivity contribution in [2.45, 2.75) is 51.5 Å². The predicted molar refractivity (Wildman–Crippen MR) is 189 cm³/mol. The fourth-order valence-electron chi connectivity index (χ4n) is 7.75. The lowest BCUT2D eigenvalue weighted by molar-refractivity contribution is -0.0660. The molecule has 0 spiro atoms. The first-order valence-electron chi connectivity index (χ1n) is 17.2. The Kier molecular flexibility index (Phi) is 8.30. The number of piperazine rings is 1. The zero-order chi connectivity index (χ0) is 32.9. The van der Waals surface area contributed by atoms with Crippen LogP contribution in [0.15, 0.2) is 47.5 Å². The van der Waals surface area contributed by atoms with Gasteiger partial charge in [0.15, 0.2) is 0 Å². The molecule has 3 aliphatic heterocycles. The fourth-order valence-corrected chi connectivity index (χ4v) is 9.14. The van der Waals surface area contributed by atoms with Gasteiger partial charge in [0.25, 0.3) is 11.5 Å². The summed E-state index contributed by atoms with van der Waals surface area (Å²) in [5.41, 5.74) is 6.64. The molecule has 0 bridgehead atoms. The van der Waals surface area contributed by atoms with Crippen LogP contribution < -0.4 is 20.7 Å². The molecular weight excluding hydrogens is 628 g/mol. The molecule has 0 radical (unpaired) electrons. The summed E-state index contributed by atoms with van der Waals surface area (Å²) in [6.45, 7) is 8.08. The van der Waals surface area contributed by atoms with Crippen molar-refractivity contribution in [3.05, 3.63) is 85.3 Å². The number of benzene rings is 1. The summed E-state index contributed by atoms with van der Waals surface area (Å²) < 4.78 is 22.3. The van der Waals surface area contributed by atoms with E-state index in [0.717, 1.165) is 74.8 Å². The topological polar surface area (TPSA) is 82.9 Å². The van der Waals surface area contributed by atoms with Crippen LogP contribution in [-0.2, 0) is 37.5 Å². The second kappa shape index (κ2) is 12.8. The maximum absolute atomic E-state index is 15.5. The van der Waals surface area contributed by atoms with Crippen molar-refractivity contribution in [3.8, 4) is 11.1 Å². The van der Waals surface area contributed by atoms with Crippen LogP contribution in [0, 0.1) is 5.82 Å². The molecule has 11 heteroatoms. The molecule has 9 nitrogen and oxygen atoms in total. The second-order valence-electron chi connectivity index (χ2n) is 13.3. The number of thiophene rings is 1. The van der Waals surface area contributed by atoms with Gasteiger partial charge in [0.2, 0.25) is 0 Å². The standard InChI is InChI=1S/C37H41FN6O3S/c1-3-27-30(17-24(38)18-32(27)44-11-10-29-28-6-4-5-7-33(28)48-35(29)37(44)46)23-16-31(36(45)41(2)20-23)40-34-9-8-25(19-39-34)42-12-14-43(15-13-42)26-21-47-22-26/h8-9,16-20,26H,3-7,10-15,21-22H2,1-2H3,(H,39,40). The average Bonchev–Trinajstić information content (AvgIpc) is 3.46. The number of hydrogen-bond acceptors (Lipinski definition) is 8. The minimum atomic E-state index is -0.413. The van der Waals surface area contributed by atoms with E-state index in [1.165, 1.54) is 45.5 Å². The van der Waals surface area contributed by atoms with Gasteiger partial charge < -0.3 is 24.4 Å². The van der Waals surface area contributed by atoms with Gasteiger partial charge >= 0.3 is 0 Å². The molecule has 1 N–H and O–H groups in total. The lowest BCUT2D eigenvalue weighted by atomic mass is 9.91. The Bertz CT molecular complexity index is 1930. The van der Waals surface area contributed by atoms with Crippen molar-refractivity contribution in [3.63, 3.8) is 0 Å². The molecule has 250 valence electrons. The van der Waals surface area contributed by atoms with Gasteiger partial charge in [0.05, 0.1) is 41.7 Å². The van der Waals surface area contributed by atoms with E-state index >= 15 is 4.39 Å². The van der Waals surface area contributed by atoms with E-state index in [2.05, 4.69) is 20.1 Å². The van der Waals surface area contributed by atoms with Gasteiger partial charge in [-0.15, -0.1) is 11.3 Å². The van der Waals surface area contributed by atoms with Crippen molar-refractivity contribution in [2.75, 3.05) is 61.1 Å². The lowest BCUT2D eigenvalue weighted by Crippen LogP contribution is -2.56. The van der Waals surface area contributed by atoms with Crippen molar-refractivity contribution in [2.24, 2.45) is 7.05 Å². The minimum Gasteiger partial charge on any atom is -0.378 e. The Hall–Kier alpha value is -4.06. The van der Waals surface area contributed by atoms with Crippen molar-refractivity contribution in [1.82, 2.24) is 14.5 Å². The predicted octanol–water partition coefficient (Wildman–Crippen LogP) is 5.56. The number of nitrogens with zero attached hydrogens (tertiary/aromatic N) is 5. The number of anilines is 4. The summed E-state index contributed by atoms with van der Waals surface area (Å²) in [4.78, 5) is 40.6. The van der Waals surface area contributed by atoms with E-state index in [0.29, 0.717) is 47.3 Å². The third kappa shape index (κ3) is 5.61. The number of nitrogens with one attached hydrogen (secondary N) is 1. The molecule has 1 aromatic carbocycles. The number of carbonyl (C=O) groups is 1. The van der Waals surface area contributed by atoms with Crippen LogP contribution in [0.4, 0.5) is 27.3 Å². The number of ether oxygens (including phenoxy) is 1. The Morgan fingerprint density at radius 1 is 1.00 bits per heavy atom. The van der Waals surface area contributed by atoms with Gasteiger partial charge in [-0.3, -0.25) is 14.5 Å². The second-order valence-corrected chi connectivity index (χ2v) is 14.4. The van der Waals surface area contributed by atoms with Crippen LogP contribution >= 0.6 is 11.3 Å². The SMILES string of the molecule is CCc1c(-c2cc(Nc3ccc(N4CCN(C5COC5)CC4)cn3)c(=O)n(C)c2)cc(F)cc1N1CCc2c(sc3c2CCCC3)C1=O. The van der Waals surface area contributed by atoms with Crippen LogP contribution in [0.3, 0.4) is 0 Å². The normalized spacial score (nSPS) is 18.4. The van der Waals surface area contributed by atoms with E-state index in [1.54, 1.807) is 35.5 Å². The fraction of sp³-hybridized carbons (Fsp3) is 0.432. The highest BCUT2D eigenvalue weighted by molar-refractivity contribution is 7.14. The number of fused-ring (bicyclic) bond motifs is 3. The molecule has 4 aromatic rings. The minimum absolute atomic E-state index is 0.0333. The number of aryl methyl sites for hydroxylation is 2. The first-order valence-corrected chi connectivity index (χ1v) is 18.0. The zero-order valence-electron chi connectivity index (χ0n) is 27.6. The number of aromatic nitrogens is 2. The highest BCUT2D eigenvalue weighted by Gasteiger charge is 2.34. The molecule has 8 rings (SSSR count). The number of pyridine rings is 2. The summed E-state index contributed by atoms with van der Waals surface area (Å²) >= 11 is 1.64. The Labute approximate surface area is 284 Å². The monoisotopic (exact) mass is 668 g/mol. The first kappa shape index (κ1) is 31.2. The van der Waals surface area contributed by atoms with Gasteiger partial charge in [-0.1, -0.05) is 6.92 Å². The molecule has 2 saturated heterocycles. The maximum Gasteiger partial charge on any atom is 0.274 e. The van der Waals surface area contributed by atoms with Crippen LogP contribution in [-0.4, -0.2) is 72.3 Å². The smallest absolute Gasteiger partial charge is 0.274 e. The lowest BCUT2D eigenvalue weighted by Gasteiger charge is -2.43. The number of halogens is 1. The van der Waals surface area contributed by atoms with Crippen LogP contribution in [0.25, 0.3) is 11.1 Å². The summed E-state index contributed by atoms with van der Waals surface area (Å²) in [6, 6.07) is 9.25. The summed E-state index contributed by atoms with van der Waals surface area (Å²) in [5, 5.41) is 3.22. The Morgan fingerprint density at radius 2 is 1.81 bits per heavy atom. The molecule has 3 aromatic heterocycles. The number of hydrogen-bond donors (Lipinski definition) is 1. The molecule has 0 atom stereocenters. The molecule has 1 aliphatic carbocycles. The molecule has 1 amide bonds. The van der Waals surface area contributed by atoms with Gasteiger partial charge in [-0.25, -0.2) is 9.37 Å². The quantitative estimate of drug-likeness (QED) is 0.276. The highest BCUT2D eigenvalue weighted by atomic mass is 32.1. The van der Waals surface area contributed by atoms with Crippen molar-refractivity contribution >= 4 is 40.1 Å². The van der Waals surface area contributed by atoms with Gasteiger partial charge in [0, 0.05) is 56.4 Å². The van der Waals surface area contributed by atoms with Crippen molar-refractivity contribution in [1.29, 1.82) is 0 Å². The van der Waals surface area contributed by atoms with E-state index in [-0.39, 0.29) is 11.5 Å². The number of rotatable bonds is 7. The zero-order valence-corrected chi connectivity index (χ0v) is 28.4. The number of carbonyl (C=O) groups excluding carboxylic acids is 1. The van der Waals surface area contributed by atoms with Gasteiger partial charge in [-0.2, -0.15) is 0 Å². The van der Waals surface area contributed by atoms with Crippen LogP contribution in [0.5, 0.6) is 0 Å². The Balaban J connectivity index is 1.06. The van der Waals surface area contributed by atoms with Crippen molar-refractivity contribution < 1.29 is 13.9 Å². The molecule has 0 unspecified atom stereocenters. The van der Waals surface area contributed by atoms with E-state index in [1.807, 2.05) is 25.3 Å². The third-order valence-corrected chi connectivity index (χ3v) is 11.8. The third-order valence-electron chi connectivity index (χ3n) is 10.5. The highest BCUT2D eigenvalue weighted by Crippen LogP contribution is 2.41. The number of amides is 1. The molecule has 2 fully saturated rings. The summed E-state index contributed by atoms with van der Waals surface area (Å²) in [5.74, 6) is 0.111. The van der Waals surface area contributed by atoms with E-state index in [9.17, 15) is 9.59 Å². The first-order chi connectivity index (χ1) is 23.4.